The Hall–Kier alpha value is -2.15. The van der Waals surface area contributed by atoms with Gasteiger partial charge in [-0.05, 0) is 11.6 Å². The van der Waals surface area contributed by atoms with E-state index >= 15 is 0 Å². The number of benzene rings is 1. The third-order valence-electron chi connectivity index (χ3n) is 3.15. The maximum Gasteiger partial charge on any atom is 0.311 e. The predicted molar refractivity (Wildman–Crippen MR) is 66.1 cm³/mol. The Kier molecular flexibility index (Phi) is 3.66. The van der Waals surface area contributed by atoms with Gasteiger partial charge in [0.05, 0.1) is 18.0 Å². The lowest BCUT2D eigenvalue weighted by molar-refractivity contribution is -0.385. The van der Waals surface area contributed by atoms with Gasteiger partial charge < -0.3 is 9.84 Å². The standard InChI is InChI=1S/C12H14N2O5/c1-19-11-3-2-8(4-10(11)14(17)18)5-13-6-9(7-13)12(15)16/h2-4,9H,5-7H2,1H3,(H,15,16). The summed E-state index contributed by atoms with van der Waals surface area (Å²) in [4.78, 5) is 23.0. The number of rotatable bonds is 5. The molecule has 1 fully saturated rings. The maximum absolute atomic E-state index is 10.9. The molecule has 1 heterocycles. The van der Waals surface area contributed by atoms with Crippen LogP contribution in [0.1, 0.15) is 5.56 Å². The molecule has 19 heavy (non-hydrogen) atoms. The van der Waals surface area contributed by atoms with Crippen molar-refractivity contribution in [3.63, 3.8) is 0 Å². The van der Waals surface area contributed by atoms with Crippen LogP contribution in [0.5, 0.6) is 5.75 Å². The van der Waals surface area contributed by atoms with Gasteiger partial charge in [-0.3, -0.25) is 19.8 Å². The van der Waals surface area contributed by atoms with Gasteiger partial charge in [-0.25, -0.2) is 0 Å². The quantitative estimate of drug-likeness (QED) is 0.634. The van der Waals surface area contributed by atoms with Crippen LogP contribution >= 0.6 is 0 Å². The van der Waals surface area contributed by atoms with Crippen LogP contribution in [0.3, 0.4) is 0 Å². The van der Waals surface area contributed by atoms with E-state index in [-0.39, 0.29) is 17.4 Å². The summed E-state index contributed by atoms with van der Waals surface area (Å²) in [6, 6.07) is 4.77. The van der Waals surface area contributed by atoms with Gasteiger partial charge >= 0.3 is 11.7 Å². The SMILES string of the molecule is COc1ccc(CN2CC(C(=O)O)C2)cc1[N+](=O)[O-]. The van der Waals surface area contributed by atoms with Crippen LogP contribution in [-0.2, 0) is 11.3 Å². The Morgan fingerprint density at radius 1 is 1.58 bits per heavy atom. The van der Waals surface area contributed by atoms with Gasteiger partial charge in [0.2, 0.25) is 0 Å². The molecule has 0 unspecified atom stereocenters. The Balaban J connectivity index is 2.04. The number of nitrogens with zero attached hydrogens (tertiary/aromatic N) is 2. The van der Waals surface area contributed by atoms with Gasteiger partial charge in [0.15, 0.2) is 5.75 Å². The number of carbonyl (C=O) groups is 1. The van der Waals surface area contributed by atoms with E-state index in [1.807, 2.05) is 4.90 Å². The number of nitro groups is 1. The zero-order valence-electron chi connectivity index (χ0n) is 10.4. The van der Waals surface area contributed by atoms with Crippen molar-refractivity contribution in [3.05, 3.63) is 33.9 Å². The number of likely N-dealkylation sites (tertiary alicyclic amines) is 1. The number of aliphatic carboxylic acids is 1. The lowest BCUT2D eigenvalue weighted by atomic mass is 9.99. The third-order valence-corrected chi connectivity index (χ3v) is 3.15. The molecule has 0 radical (unpaired) electrons. The lowest BCUT2D eigenvalue weighted by Gasteiger charge is -2.36. The molecule has 1 aromatic rings. The molecular formula is C12H14N2O5. The minimum Gasteiger partial charge on any atom is -0.490 e. The topological polar surface area (TPSA) is 92.9 Å². The second-order valence-electron chi connectivity index (χ2n) is 4.49. The molecule has 0 amide bonds. The van der Waals surface area contributed by atoms with Crippen LogP contribution < -0.4 is 4.74 Å². The monoisotopic (exact) mass is 266 g/mol. The predicted octanol–water partition coefficient (Wildman–Crippen LogP) is 1.12. The normalized spacial score (nSPS) is 15.8. The molecule has 0 bridgehead atoms. The molecule has 7 heteroatoms. The van der Waals surface area contributed by atoms with Crippen molar-refractivity contribution in [2.24, 2.45) is 5.92 Å². The van der Waals surface area contributed by atoms with Gasteiger partial charge in [-0.15, -0.1) is 0 Å². The largest absolute Gasteiger partial charge is 0.490 e. The molecule has 102 valence electrons. The van der Waals surface area contributed by atoms with Gasteiger partial charge in [-0.1, -0.05) is 6.07 Å². The third kappa shape index (κ3) is 2.82. The van der Waals surface area contributed by atoms with Crippen molar-refractivity contribution >= 4 is 11.7 Å². The number of ether oxygens (including phenoxy) is 1. The van der Waals surface area contributed by atoms with Crippen LogP contribution in [-0.4, -0.2) is 41.1 Å². The Morgan fingerprint density at radius 3 is 2.79 bits per heavy atom. The minimum absolute atomic E-state index is 0.0738. The van der Waals surface area contributed by atoms with Crippen LogP contribution in [0.4, 0.5) is 5.69 Å². The van der Waals surface area contributed by atoms with Crippen molar-refractivity contribution in [2.45, 2.75) is 6.54 Å². The number of hydrogen-bond acceptors (Lipinski definition) is 5. The van der Waals surface area contributed by atoms with E-state index in [2.05, 4.69) is 0 Å². The Labute approximate surface area is 109 Å². The lowest BCUT2D eigenvalue weighted by Crippen LogP contribution is -2.49. The van der Waals surface area contributed by atoms with Crippen LogP contribution in [0.2, 0.25) is 0 Å². The van der Waals surface area contributed by atoms with Crippen molar-refractivity contribution in [2.75, 3.05) is 20.2 Å². The Morgan fingerprint density at radius 2 is 2.26 bits per heavy atom. The first-order valence-electron chi connectivity index (χ1n) is 5.77. The average Bonchev–Trinajstić information content (AvgIpc) is 2.32. The van der Waals surface area contributed by atoms with E-state index in [0.29, 0.717) is 19.6 Å². The molecule has 1 N–H and O–H groups in total. The van der Waals surface area contributed by atoms with E-state index < -0.39 is 10.9 Å². The summed E-state index contributed by atoms with van der Waals surface area (Å²) in [5.74, 6) is -0.897. The highest BCUT2D eigenvalue weighted by molar-refractivity contribution is 5.71. The van der Waals surface area contributed by atoms with E-state index in [0.717, 1.165) is 5.56 Å². The molecule has 0 atom stereocenters. The molecule has 7 nitrogen and oxygen atoms in total. The van der Waals surface area contributed by atoms with Gasteiger partial charge in [-0.2, -0.15) is 0 Å². The van der Waals surface area contributed by atoms with Crippen LogP contribution in [0.15, 0.2) is 18.2 Å². The smallest absolute Gasteiger partial charge is 0.311 e. The first-order valence-corrected chi connectivity index (χ1v) is 5.77. The first-order chi connectivity index (χ1) is 9.01. The first kappa shape index (κ1) is 13.3. The summed E-state index contributed by atoms with van der Waals surface area (Å²) in [7, 11) is 1.38. The zero-order chi connectivity index (χ0) is 14.0. The number of carboxylic acids is 1. The van der Waals surface area contributed by atoms with Crippen LogP contribution in [0.25, 0.3) is 0 Å². The highest BCUT2D eigenvalue weighted by atomic mass is 16.6. The number of nitro benzene ring substituents is 1. The fourth-order valence-electron chi connectivity index (χ4n) is 2.09. The van der Waals surface area contributed by atoms with Crippen molar-refractivity contribution in [1.29, 1.82) is 0 Å². The molecular weight excluding hydrogens is 252 g/mol. The van der Waals surface area contributed by atoms with Crippen molar-refractivity contribution in [3.8, 4) is 5.75 Å². The zero-order valence-corrected chi connectivity index (χ0v) is 10.4. The van der Waals surface area contributed by atoms with Gasteiger partial charge in [0, 0.05) is 25.7 Å². The Bertz CT molecular complexity index is 511. The summed E-state index contributed by atoms with van der Waals surface area (Å²) in [5.41, 5.74) is 0.701. The molecule has 0 aliphatic carbocycles. The average molecular weight is 266 g/mol. The van der Waals surface area contributed by atoms with E-state index in [4.69, 9.17) is 9.84 Å². The van der Waals surface area contributed by atoms with Gasteiger partial charge in [0.25, 0.3) is 0 Å². The fourth-order valence-corrected chi connectivity index (χ4v) is 2.09. The van der Waals surface area contributed by atoms with E-state index in [1.54, 1.807) is 12.1 Å². The summed E-state index contributed by atoms with van der Waals surface area (Å²) in [5, 5.41) is 19.6. The van der Waals surface area contributed by atoms with Crippen molar-refractivity contribution in [1.82, 2.24) is 4.90 Å². The van der Waals surface area contributed by atoms with Gasteiger partial charge in [0.1, 0.15) is 0 Å². The summed E-state index contributed by atoms with van der Waals surface area (Å²) >= 11 is 0. The minimum atomic E-state index is -0.794. The second kappa shape index (κ2) is 5.23. The highest BCUT2D eigenvalue weighted by Crippen LogP contribution is 2.29. The highest BCUT2D eigenvalue weighted by Gasteiger charge is 2.32. The maximum atomic E-state index is 10.9. The summed E-state index contributed by atoms with van der Waals surface area (Å²) in [6.07, 6.45) is 0. The summed E-state index contributed by atoms with van der Waals surface area (Å²) in [6.45, 7) is 1.47. The second-order valence-corrected chi connectivity index (χ2v) is 4.49. The molecule has 1 aromatic carbocycles. The fraction of sp³-hybridized carbons (Fsp3) is 0.417. The molecule has 2 rings (SSSR count). The molecule has 0 aromatic heterocycles. The summed E-state index contributed by atoms with van der Waals surface area (Å²) < 4.78 is 4.92. The molecule has 0 saturated carbocycles. The van der Waals surface area contributed by atoms with Crippen molar-refractivity contribution < 1.29 is 19.6 Å². The number of carboxylic acid groups (broad SMARTS) is 1. The molecule has 0 spiro atoms. The number of hydrogen-bond donors (Lipinski definition) is 1. The van der Waals surface area contributed by atoms with Crippen LogP contribution in [0, 0.1) is 16.0 Å². The molecule has 1 aliphatic rings. The van der Waals surface area contributed by atoms with E-state index in [1.165, 1.54) is 13.2 Å². The molecule has 1 aliphatic heterocycles. The number of methoxy groups -OCH3 is 1. The molecule has 1 saturated heterocycles. The van der Waals surface area contributed by atoms with E-state index in [9.17, 15) is 14.9 Å².